The van der Waals surface area contributed by atoms with Gasteiger partial charge < -0.3 is 0 Å². The van der Waals surface area contributed by atoms with Crippen LogP contribution in [-0.2, 0) is 9.59 Å². The number of hydrogen-bond acceptors (Lipinski definition) is 5. The van der Waals surface area contributed by atoms with Crippen LogP contribution < -0.4 is 0 Å². The van der Waals surface area contributed by atoms with Crippen molar-refractivity contribution in [1.82, 2.24) is 0 Å². The van der Waals surface area contributed by atoms with E-state index in [4.69, 9.17) is 0 Å². The number of nitrogens with zero attached hydrogens (tertiary/aromatic N) is 2. The summed E-state index contributed by atoms with van der Waals surface area (Å²) in [6, 6.07) is 0. The van der Waals surface area contributed by atoms with Gasteiger partial charge in [-0.15, -0.1) is 11.8 Å². The molecule has 1 fully saturated rings. The monoisotopic (exact) mass is 198 g/mol. The first kappa shape index (κ1) is 10.2. The molecular weight excluding hydrogens is 188 g/mol. The second kappa shape index (κ2) is 4.38. The Morgan fingerprint density at radius 3 is 2.85 bits per heavy atom. The molecule has 4 nitrogen and oxygen atoms in total. The molecule has 0 aromatic heterocycles. The van der Waals surface area contributed by atoms with E-state index in [1.807, 2.05) is 6.92 Å². The second-order valence-electron chi connectivity index (χ2n) is 2.83. The predicted molar refractivity (Wildman–Crippen MR) is 49.9 cm³/mol. The lowest BCUT2D eigenvalue weighted by molar-refractivity contribution is 0.526. The van der Waals surface area contributed by atoms with Crippen LogP contribution in [0.1, 0.15) is 26.2 Å². The van der Waals surface area contributed by atoms with E-state index >= 15 is 0 Å². The smallest absolute Gasteiger partial charge is 0.211 e. The van der Waals surface area contributed by atoms with Gasteiger partial charge in [-0.2, -0.15) is 9.98 Å². The first-order valence-corrected chi connectivity index (χ1v) is 4.98. The van der Waals surface area contributed by atoms with E-state index in [2.05, 4.69) is 9.98 Å². The van der Waals surface area contributed by atoms with E-state index in [1.54, 1.807) is 6.08 Å². The molecular formula is C8H10N2O2S. The Kier molecular flexibility index (Phi) is 3.43. The number of isocyanates is 2. The minimum atomic E-state index is -0.396. The molecule has 2 unspecified atom stereocenters. The van der Waals surface area contributed by atoms with Gasteiger partial charge in [0, 0.05) is 0 Å². The van der Waals surface area contributed by atoms with Crippen molar-refractivity contribution in [3.8, 4) is 0 Å². The number of carbonyl (C=O) groups excluding carboxylic acids is 2. The zero-order chi connectivity index (χ0) is 9.73. The molecule has 70 valence electrons. The Labute approximate surface area is 80.5 Å². The summed E-state index contributed by atoms with van der Waals surface area (Å²) >= 11 is 1.45. The highest BCUT2D eigenvalue weighted by Gasteiger charge is 2.38. The average molecular weight is 198 g/mol. The summed E-state index contributed by atoms with van der Waals surface area (Å²) in [6.45, 7) is 1.96. The lowest BCUT2D eigenvalue weighted by atomic mass is 10.1. The Bertz CT molecular complexity index is 282. The van der Waals surface area contributed by atoms with Crippen molar-refractivity contribution in [3.63, 3.8) is 0 Å². The fourth-order valence-electron chi connectivity index (χ4n) is 1.37. The fraction of sp³-hybridized carbons (Fsp3) is 0.750. The highest BCUT2D eigenvalue weighted by Crippen LogP contribution is 2.46. The van der Waals surface area contributed by atoms with Gasteiger partial charge in [-0.3, -0.25) is 0 Å². The molecule has 0 radical (unpaired) electrons. The van der Waals surface area contributed by atoms with Crippen LogP contribution in [0.2, 0.25) is 0 Å². The molecule has 1 aliphatic heterocycles. The maximum absolute atomic E-state index is 10.2. The van der Waals surface area contributed by atoms with Crippen LogP contribution >= 0.6 is 11.8 Å². The molecule has 0 saturated carbocycles. The topological polar surface area (TPSA) is 58.9 Å². The van der Waals surface area contributed by atoms with E-state index in [0.717, 1.165) is 19.3 Å². The van der Waals surface area contributed by atoms with Crippen molar-refractivity contribution >= 4 is 23.9 Å². The highest BCUT2D eigenvalue weighted by molar-refractivity contribution is 8.01. The number of thioether (sulfide) groups is 1. The van der Waals surface area contributed by atoms with Crippen LogP contribution in [0.4, 0.5) is 0 Å². The van der Waals surface area contributed by atoms with Gasteiger partial charge in [-0.05, 0) is 19.3 Å². The minimum absolute atomic E-state index is 0.0884. The van der Waals surface area contributed by atoms with Gasteiger partial charge in [-0.1, -0.05) is 6.92 Å². The molecule has 0 aliphatic carbocycles. The Balaban J connectivity index is 2.73. The summed E-state index contributed by atoms with van der Waals surface area (Å²) in [4.78, 5) is 27.2. The first-order chi connectivity index (χ1) is 6.26. The Hall–Kier alpha value is -0.890. The third-order valence-electron chi connectivity index (χ3n) is 2.14. The first-order valence-electron chi connectivity index (χ1n) is 4.10. The molecule has 1 saturated heterocycles. The van der Waals surface area contributed by atoms with Gasteiger partial charge in [0.15, 0.2) is 0 Å². The normalized spacial score (nSPS) is 31.9. The maximum Gasteiger partial charge on any atom is 0.236 e. The molecule has 0 bridgehead atoms. The van der Waals surface area contributed by atoms with Crippen LogP contribution in [0.15, 0.2) is 9.98 Å². The summed E-state index contributed by atoms with van der Waals surface area (Å²) < 4.78 is 0. The second-order valence-corrected chi connectivity index (χ2v) is 4.37. The summed E-state index contributed by atoms with van der Waals surface area (Å²) in [5, 5.41) is -0.0884. The van der Waals surface area contributed by atoms with Gasteiger partial charge >= 0.3 is 0 Å². The summed E-state index contributed by atoms with van der Waals surface area (Å²) in [5.74, 6) is 0. The van der Waals surface area contributed by atoms with Crippen LogP contribution in [0, 0.1) is 0 Å². The standard InChI is InChI=1S/C8H10N2O2S/c1-2-8(10-6-12)4-3-7(13-8)9-5-11/h7H,2-4H2,1H3. The van der Waals surface area contributed by atoms with Gasteiger partial charge in [0.25, 0.3) is 0 Å². The molecule has 2 atom stereocenters. The lowest BCUT2D eigenvalue weighted by Crippen LogP contribution is -2.15. The van der Waals surface area contributed by atoms with Gasteiger partial charge in [-0.25, -0.2) is 9.59 Å². The molecule has 5 heteroatoms. The van der Waals surface area contributed by atoms with Crippen LogP contribution in [0.25, 0.3) is 0 Å². The quantitative estimate of drug-likeness (QED) is 0.511. The maximum atomic E-state index is 10.2. The molecule has 0 spiro atoms. The molecule has 1 rings (SSSR count). The van der Waals surface area contributed by atoms with Gasteiger partial charge in [0.2, 0.25) is 12.2 Å². The Morgan fingerprint density at radius 2 is 2.31 bits per heavy atom. The van der Waals surface area contributed by atoms with Crippen LogP contribution in [0.5, 0.6) is 0 Å². The third kappa shape index (κ3) is 2.28. The third-order valence-corrected chi connectivity index (χ3v) is 3.77. The van der Waals surface area contributed by atoms with Crippen molar-refractivity contribution in [2.75, 3.05) is 0 Å². The van der Waals surface area contributed by atoms with Crippen molar-refractivity contribution in [3.05, 3.63) is 0 Å². The van der Waals surface area contributed by atoms with Crippen LogP contribution in [0.3, 0.4) is 0 Å². The zero-order valence-electron chi connectivity index (χ0n) is 7.32. The highest BCUT2D eigenvalue weighted by atomic mass is 32.2. The number of rotatable bonds is 3. The fourth-order valence-corrected chi connectivity index (χ4v) is 2.70. The average Bonchev–Trinajstić information content (AvgIpc) is 2.51. The zero-order valence-corrected chi connectivity index (χ0v) is 8.13. The molecule has 0 aromatic carbocycles. The molecule has 0 N–H and O–H groups in total. The molecule has 13 heavy (non-hydrogen) atoms. The Morgan fingerprint density at radius 1 is 1.54 bits per heavy atom. The summed E-state index contributed by atoms with van der Waals surface area (Å²) in [5.41, 5.74) is 0. The molecule has 1 aliphatic rings. The number of aliphatic imine (C=N–C) groups is 2. The van der Waals surface area contributed by atoms with Crippen molar-refractivity contribution in [2.24, 2.45) is 9.98 Å². The van der Waals surface area contributed by atoms with E-state index in [1.165, 1.54) is 17.8 Å². The van der Waals surface area contributed by atoms with Crippen molar-refractivity contribution in [2.45, 2.75) is 36.4 Å². The summed E-state index contributed by atoms with van der Waals surface area (Å²) in [6.07, 6.45) is 5.42. The number of hydrogen-bond donors (Lipinski definition) is 0. The van der Waals surface area contributed by atoms with Gasteiger partial charge in [0.05, 0.1) is 0 Å². The van der Waals surface area contributed by atoms with Crippen molar-refractivity contribution in [1.29, 1.82) is 0 Å². The van der Waals surface area contributed by atoms with Crippen LogP contribution in [-0.4, -0.2) is 22.4 Å². The van der Waals surface area contributed by atoms with E-state index in [-0.39, 0.29) is 5.37 Å². The minimum Gasteiger partial charge on any atom is -0.211 e. The molecule has 0 amide bonds. The molecule has 1 heterocycles. The van der Waals surface area contributed by atoms with Crippen molar-refractivity contribution < 1.29 is 9.59 Å². The predicted octanol–water partition coefficient (Wildman–Crippen LogP) is 1.62. The summed E-state index contributed by atoms with van der Waals surface area (Å²) in [7, 11) is 0. The van der Waals surface area contributed by atoms with E-state index in [9.17, 15) is 9.59 Å². The van der Waals surface area contributed by atoms with E-state index < -0.39 is 4.87 Å². The SMILES string of the molecule is CCC1(N=C=O)CCC(N=C=O)S1. The largest absolute Gasteiger partial charge is 0.236 e. The molecule has 0 aromatic rings. The lowest BCUT2D eigenvalue weighted by Gasteiger charge is -2.18. The van der Waals surface area contributed by atoms with E-state index in [0.29, 0.717) is 0 Å². The van der Waals surface area contributed by atoms with Gasteiger partial charge in [0.1, 0.15) is 10.2 Å².